The van der Waals surface area contributed by atoms with Crippen LogP contribution >= 0.6 is 0 Å². The molecule has 2 unspecified atom stereocenters. The SMILES string of the molecule is N#Cc1cc(S(=O)(=O)N2CCC[C@@H]2C(=O)NC2C3CCCC4(C3)CC2C4)ccc1F. The maximum absolute atomic E-state index is 13.6. The molecule has 1 amide bonds. The molecule has 0 aromatic heterocycles. The Morgan fingerprint density at radius 3 is 2.73 bits per heavy atom. The largest absolute Gasteiger partial charge is 0.351 e. The average Bonchev–Trinajstić information content (AvgIpc) is 3.20. The zero-order valence-corrected chi connectivity index (χ0v) is 17.6. The monoisotopic (exact) mass is 431 g/mol. The zero-order valence-electron chi connectivity index (χ0n) is 16.8. The van der Waals surface area contributed by atoms with E-state index in [0.29, 0.717) is 30.1 Å². The van der Waals surface area contributed by atoms with Crippen LogP contribution in [0.4, 0.5) is 4.39 Å². The number of sulfonamides is 1. The van der Waals surface area contributed by atoms with Crippen LogP contribution in [0.15, 0.2) is 23.1 Å². The molecule has 160 valence electrons. The van der Waals surface area contributed by atoms with Gasteiger partial charge in [0.05, 0.1) is 10.5 Å². The van der Waals surface area contributed by atoms with Crippen molar-refractivity contribution in [2.24, 2.45) is 17.3 Å². The van der Waals surface area contributed by atoms with Gasteiger partial charge in [0.15, 0.2) is 0 Å². The number of nitrogens with zero attached hydrogens (tertiary/aromatic N) is 2. The minimum Gasteiger partial charge on any atom is -0.351 e. The van der Waals surface area contributed by atoms with Crippen LogP contribution in [-0.4, -0.2) is 37.3 Å². The van der Waals surface area contributed by atoms with Crippen molar-refractivity contribution in [1.82, 2.24) is 9.62 Å². The summed E-state index contributed by atoms with van der Waals surface area (Å²) >= 11 is 0. The van der Waals surface area contributed by atoms with Gasteiger partial charge in [-0.05, 0) is 80.4 Å². The van der Waals surface area contributed by atoms with Gasteiger partial charge in [0, 0.05) is 12.6 Å². The Morgan fingerprint density at radius 2 is 1.97 bits per heavy atom. The number of halogens is 1. The molecule has 0 radical (unpaired) electrons. The van der Waals surface area contributed by atoms with Crippen LogP contribution in [0.5, 0.6) is 0 Å². The average molecular weight is 432 g/mol. The van der Waals surface area contributed by atoms with Crippen molar-refractivity contribution in [3.05, 3.63) is 29.6 Å². The second-order valence-corrected chi connectivity index (χ2v) is 11.5. The minimum absolute atomic E-state index is 0.145. The molecule has 1 spiro atoms. The third-order valence-electron chi connectivity index (χ3n) is 7.86. The molecule has 5 aliphatic rings. The molecular weight excluding hydrogens is 405 g/mol. The van der Waals surface area contributed by atoms with Gasteiger partial charge in [0.25, 0.3) is 0 Å². The Hall–Kier alpha value is -1.98. The third-order valence-corrected chi connectivity index (χ3v) is 9.77. The number of rotatable bonds is 4. The molecule has 5 fully saturated rings. The number of nitrogens with one attached hydrogen (secondary N) is 1. The first-order valence-electron chi connectivity index (χ1n) is 10.8. The Kier molecular flexibility index (Phi) is 4.67. The summed E-state index contributed by atoms with van der Waals surface area (Å²) in [6.07, 6.45) is 8.32. The molecule has 3 bridgehead atoms. The second-order valence-electron chi connectivity index (χ2n) is 9.59. The zero-order chi connectivity index (χ0) is 21.1. The van der Waals surface area contributed by atoms with E-state index in [0.717, 1.165) is 24.6 Å². The van der Waals surface area contributed by atoms with E-state index in [2.05, 4.69) is 5.32 Å². The summed E-state index contributed by atoms with van der Waals surface area (Å²) in [6, 6.07) is 4.29. The lowest BCUT2D eigenvalue weighted by molar-refractivity contribution is -0.134. The van der Waals surface area contributed by atoms with Gasteiger partial charge in [-0.15, -0.1) is 0 Å². The lowest BCUT2D eigenvalue weighted by Gasteiger charge is -2.62. The quantitative estimate of drug-likeness (QED) is 0.794. The van der Waals surface area contributed by atoms with Crippen molar-refractivity contribution in [3.8, 4) is 6.07 Å². The highest BCUT2D eigenvalue weighted by molar-refractivity contribution is 7.89. The van der Waals surface area contributed by atoms with Crippen molar-refractivity contribution in [1.29, 1.82) is 5.26 Å². The summed E-state index contributed by atoms with van der Waals surface area (Å²) < 4.78 is 41.2. The first-order valence-corrected chi connectivity index (χ1v) is 12.3. The summed E-state index contributed by atoms with van der Waals surface area (Å²) in [5, 5.41) is 12.3. The molecule has 6 nitrogen and oxygen atoms in total. The summed E-state index contributed by atoms with van der Waals surface area (Å²) in [7, 11) is -3.99. The van der Waals surface area contributed by atoms with Crippen LogP contribution in [-0.2, 0) is 14.8 Å². The smallest absolute Gasteiger partial charge is 0.243 e. The standard InChI is InChI=1S/C22H26FN3O3S/c23-18-6-5-17(9-15(18)13-24)30(28,29)26-8-2-4-19(26)21(27)25-20-14-3-1-7-22(10-14)11-16(20)12-22/h5-6,9,14,16,19-20H,1-4,7-8,10-12H2,(H,25,27)/t14?,16?,19-,20?,22?/m1/s1. The van der Waals surface area contributed by atoms with Gasteiger partial charge in [-0.25, -0.2) is 12.8 Å². The van der Waals surface area contributed by atoms with Crippen LogP contribution in [0.2, 0.25) is 0 Å². The van der Waals surface area contributed by atoms with Crippen LogP contribution in [0.3, 0.4) is 0 Å². The van der Waals surface area contributed by atoms with Crippen molar-refractivity contribution >= 4 is 15.9 Å². The molecule has 1 heterocycles. The van der Waals surface area contributed by atoms with Gasteiger partial charge >= 0.3 is 0 Å². The number of nitriles is 1. The van der Waals surface area contributed by atoms with E-state index in [9.17, 15) is 17.6 Å². The van der Waals surface area contributed by atoms with Gasteiger partial charge in [0.1, 0.15) is 17.9 Å². The summed E-state index contributed by atoms with van der Waals surface area (Å²) in [5.41, 5.74) is 0.211. The van der Waals surface area contributed by atoms with Crippen LogP contribution < -0.4 is 5.32 Å². The van der Waals surface area contributed by atoms with Crippen LogP contribution in [0.25, 0.3) is 0 Å². The van der Waals surface area contributed by atoms with Crippen molar-refractivity contribution in [3.63, 3.8) is 0 Å². The van der Waals surface area contributed by atoms with E-state index >= 15 is 0 Å². The molecular formula is C22H26FN3O3S. The van der Waals surface area contributed by atoms with Gasteiger partial charge in [-0.2, -0.15) is 9.57 Å². The highest BCUT2D eigenvalue weighted by Gasteiger charge is 2.57. The maximum atomic E-state index is 13.6. The Labute approximate surface area is 176 Å². The molecule has 4 saturated carbocycles. The lowest BCUT2D eigenvalue weighted by atomic mass is 9.45. The highest BCUT2D eigenvalue weighted by Crippen LogP contribution is 2.63. The molecule has 6 rings (SSSR count). The Balaban J connectivity index is 1.35. The summed E-state index contributed by atoms with van der Waals surface area (Å²) in [4.78, 5) is 13.0. The lowest BCUT2D eigenvalue weighted by Crippen LogP contribution is -2.62. The highest BCUT2D eigenvalue weighted by atomic mass is 32.2. The molecule has 1 aromatic rings. The van der Waals surface area contributed by atoms with Crippen molar-refractivity contribution in [2.45, 2.75) is 68.3 Å². The van der Waals surface area contributed by atoms with E-state index in [-0.39, 0.29) is 29.0 Å². The maximum Gasteiger partial charge on any atom is 0.243 e. The fourth-order valence-electron chi connectivity index (χ4n) is 6.54. The van der Waals surface area contributed by atoms with Crippen LogP contribution in [0.1, 0.15) is 56.9 Å². The van der Waals surface area contributed by atoms with E-state index < -0.39 is 21.9 Å². The van der Waals surface area contributed by atoms with Gasteiger partial charge in [-0.1, -0.05) is 6.42 Å². The first kappa shape index (κ1) is 20.0. The van der Waals surface area contributed by atoms with Crippen LogP contribution in [0, 0.1) is 34.4 Å². The molecule has 1 aliphatic heterocycles. The van der Waals surface area contributed by atoms with Crippen molar-refractivity contribution in [2.75, 3.05) is 6.54 Å². The number of hydrogen-bond donors (Lipinski definition) is 1. The van der Waals surface area contributed by atoms with E-state index in [1.54, 1.807) is 6.07 Å². The van der Waals surface area contributed by atoms with E-state index in [1.165, 1.54) is 36.4 Å². The number of amides is 1. The molecule has 8 heteroatoms. The fraction of sp³-hybridized carbons (Fsp3) is 0.636. The van der Waals surface area contributed by atoms with Gasteiger partial charge in [-0.3, -0.25) is 4.79 Å². The molecule has 3 atom stereocenters. The van der Waals surface area contributed by atoms with Crippen molar-refractivity contribution < 1.29 is 17.6 Å². The predicted molar refractivity (Wildman–Crippen MR) is 107 cm³/mol. The summed E-state index contributed by atoms with van der Waals surface area (Å²) in [5.74, 6) is 0.0638. The minimum atomic E-state index is -3.99. The molecule has 1 N–H and O–H groups in total. The number of benzene rings is 1. The Morgan fingerprint density at radius 1 is 1.20 bits per heavy atom. The predicted octanol–water partition coefficient (Wildman–Crippen LogP) is 2.94. The van der Waals surface area contributed by atoms with E-state index in [4.69, 9.17) is 5.26 Å². The van der Waals surface area contributed by atoms with E-state index in [1.807, 2.05) is 0 Å². The third kappa shape index (κ3) is 3.05. The molecule has 1 saturated heterocycles. The topological polar surface area (TPSA) is 90.3 Å². The number of carbonyl (C=O) groups excluding carboxylic acids is 1. The normalized spacial score (nSPS) is 35.3. The molecule has 1 aromatic carbocycles. The molecule has 4 aliphatic carbocycles. The van der Waals surface area contributed by atoms with Gasteiger partial charge in [0.2, 0.25) is 15.9 Å². The molecule has 30 heavy (non-hydrogen) atoms. The fourth-order valence-corrected chi connectivity index (χ4v) is 8.22. The summed E-state index contributed by atoms with van der Waals surface area (Å²) in [6.45, 7) is 0.250. The first-order chi connectivity index (χ1) is 14.3. The Bertz CT molecular complexity index is 1030. The number of hydrogen-bond acceptors (Lipinski definition) is 4. The number of carbonyl (C=O) groups is 1. The second kappa shape index (κ2) is 7.03. The van der Waals surface area contributed by atoms with Gasteiger partial charge < -0.3 is 5.32 Å².